The Morgan fingerprint density at radius 3 is 2.20 bits per heavy atom. The number of benzene rings is 2. The number of nitrogens with one attached hydrogen (secondary N) is 1. The van der Waals surface area contributed by atoms with Crippen molar-refractivity contribution in [3.8, 4) is 5.75 Å². The molecule has 130 valence electrons. The van der Waals surface area contributed by atoms with Gasteiger partial charge >= 0.3 is 5.97 Å². The number of hydrogen-bond donors (Lipinski definition) is 2. The smallest absolute Gasteiger partial charge is 0.308 e. The molecule has 0 aromatic heterocycles. The van der Waals surface area contributed by atoms with Gasteiger partial charge in [-0.15, -0.1) is 0 Å². The lowest BCUT2D eigenvalue weighted by molar-refractivity contribution is -0.131. The van der Waals surface area contributed by atoms with Crippen molar-refractivity contribution in [1.29, 1.82) is 0 Å². The second-order valence-electron chi connectivity index (χ2n) is 5.38. The summed E-state index contributed by atoms with van der Waals surface area (Å²) in [5.41, 5.74) is 6.52. The summed E-state index contributed by atoms with van der Waals surface area (Å²) in [6, 6.07) is 12.0. The third kappa shape index (κ3) is 5.61. The van der Waals surface area contributed by atoms with Gasteiger partial charge in [-0.2, -0.15) is 0 Å². The molecule has 0 spiro atoms. The van der Waals surface area contributed by atoms with Gasteiger partial charge in [-0.25, -0.2) is 0 Å². The summed E-state index contributed by atoms with van der Waals surface area (Å²) in [6.45, 7) is 1.29. The molecule has 25 heavy (non-hydrogen) atoms. The Balaban J connectivity index is 2.05. The van der Waals surface area contributed by atoms with Crippen LogP contribution in [0.4, 0.5) is 0 Å². The molecule has 2 aromatic carbocycles. The highest BCUT2D eigenvalue weighted by Crippen LogP contribution is 2.14. The van der Waals surface area contributed by atoms with Crippen LogP contribution >= 0.6 is 11.6 Å². The third-order valence-corrected chi connectivity index (χ3v) is 3.63. The molecule has 2 amide bonds. The lowest BCUT2D eigenvalue weighted by Gasteiger charge is -2.16. The van der Waals surface area contributed by atoms with Gasteiger partial charge < -0.3 is 15.8 Å². The van der Waals surface area contributed by atoms with Gasteiger partial charge in [0.05, 0.1) is 0 Å². The van der Waals surface area contributed by atoms with Crippen molar-refractivity contribution in [3.05, 3.63) is 64.7 Å². The number of halogens is 1. The van der Waals surface area contributed by atoms with Crippen LogP contribution in [0, 0.1) is 0 Å². The first kappa shape index (κ1) is 18.5. The molecule has 0 bridgehead atoms. The molecule has 0 radical (unpaired) electrons. The fourth-order valence-corrected chi connectivity index (χ4v) is 2.29. The van der Waals surface area contributed by atoms with Gasteiger partial charge in [0.25, 0.3) is 5.91 Å². The Kier molecular flexibility index (Phi) is 6.14. The summed E-state index contributed by atoms with van der Waals surface area (Å²) < 4.78 is 4.90. The topological polar surface area (TPSA) is 98.5 Å². The number of carbonyl (C=O) groups is 3. The van der Waals surface area contributed by atoms with Gasteiger partial charge in [-0.3, -0.25) is 14.4 Å². The van der Waals surface area contributed by atoms with Crippen LogP contribution in [0.15, 0.2) is 48.5 Å². The Morgan fingerprint density at radius 2 is 1.68 bits per heavy atom. The second-order valence-corrected chi connectivity index (χ2v) is 5.81. The molecule has 7 heteroatoms. The quantitative estimate of drug-likeness (QED) is 0.608. The zero-order valence-electron chi connectivity index (χ0n) is 13.5. The number of hydrogen-bond acceptors (Lipinski definition) is 4. The molecule has 0 aliphatic rings. The predicted octanol–water partition coefficient (Wildman–Crippen LogP) is 2.09. The number of amides is 2. The Morgan fingerprint density at radius 1 is 1.08 bits per heavy atom. The molecule has 3 N–H and O–H groups in total. The van der Waals surface area contributed by atoms with Crippen LogP contribution in [-0.4, -0.2) is 23.8 Å². The molecule has 2 rings (SSSR count). The molecule has 2 aromatic rings. The molecule has 0 aliphatic carbocycles. The van der Waals surface area contributed by atoms with Gasteiger partial charge in [0.15, 0.2) is 0 Å². The van der Waals surface area contributed by atoms with Gasteiger partial charge in [0.1, 0.15) is 11.8 Å². The fourth-order valence-electron chi connectivity index (χ4n) is 2.16. The molecule has 0 heterocycles. The number of primary amides is 1. The van der Waals surface area contributed by atoms with E-state index in [2.05, 4.69) is 5.32 Å². The Labute approximate surface area is 149 Å². The van der Waals surface area contributed by atoms with E-state index in [4.69, 9.17) is 22.1 Å². The maximum Gasteiger partial charge on any atom is 0.308 e. The molecule has 1 atom stereocenters. The minimum absolute atomic E-state index is 0.254. The van der Waals surface area contributed by atoms with E-state index >= 15 is 0 Å². The number of ether oxygens (including phenoxy) is 1. The maximum absolute atomic E-state index is 12.3. The van der Waals surface area contributed by atoms with E-state index in [-0.39, 0.29) is 6.42 Å². The van der Waals surface area contributed by atoms with Gasteiger partial charge in [-0.05, 0) is 42.0 Å². The summed E-state index contributed by atoms with van der Waals surface area (Å²) in [5.74, 6) is -1.21. The first-order valence-electron chi connectivity index (χ1n) is 7.48. The number of esters is 1. The van der Waals surface area contributed by atoms with Crippen molar-refractivity contribution >= 4 is 29.4 Å². The zero-order chi connectivity index (χ0) is 18.4. The van der Waals surface area contributed by atoms with E-state index < -0.39 is 23.8 Å². The average Bonchev–Trinajstić information content (AvgIpc) is 2.56. The lowest BCUT2D eigenvalue weighted by atomic mass is 10.0. The van der Waals surface area contributed by atoms with E-state index in [0.717, 1.165) is 5.56 Å². The molecule has 0 fully saturated rings. The summed E-state index contributed by atoms with van der Waals surface area (Å²) in [5, 5.41) is 3.18. The van der Waals surface area contributed by atoms with Gasteiger partial charge in [-0.1, -0.05) is 23.7 Å². The van der Waals surface area contributed by atoms with Crippen LogP contribution in [0.2, 0.25) is 5.02 Å². The van der Waals surface area contributed by atoms with Crippen molar-refractivity contribution < 1.29 is 19.1 Å². The van der Waals surface area contributed by atoms with Crippen LogP contribution in [0.3, 0.4) is 0 Å². The number of rotatable bonds is 6. The summed E-state index contributed by atoms with van der Waals surface area (Å²) in [6.07, 6.45) is 0.254. The molecule has 6 nitrogen and oxygen atoms in total. The third-order valence-electron chi connectivity index (χ3n) is 3.38. The Bertz CT molecular complexity index is 773. The SMILES string of the molecule is CC(=O)Oc1ccc(C(=O)N[C@@H](Cc2ccc(Cl)cc2)C(N)=O)cc1. The number of nitrogens with two attached hydrogens (primary N) is 1. The highest BCUT2D eigenvalue weighted by Gasteiger charge is 2.19. The second kappa shape index (κ2) is 8.30. The van der Waals surface area contributed by atoms with Crippen molar-refractivity contribution in [2.75, 3.05) is 0 Å². The normalized spacial score (nSPS) is 11.4. The minimum Gasteiger partial charge on any atom is -0.427 e. The van der Waals surface area contributed by atoms with E-state index in [1.807, 2.05) is 0 Å². The summed E-state index contributed by atoms with van der Waals surface area (Å²) in [4.78, 5) is 34.8. The highest BCUT2D eigenvalue weighted by molar-refractivity contribution is 6.30. The van der Waals surface area contributed by atoms with Crippen molar-refractivity contribution in [2.24, 2.45) is 5.73 Å². The van der Waals surface area contributed by atoms with Crippen molar-refractivity contribution in [3.63, 3.8) is 0 Å². The van der Waals surface area contributed by atoms with Crippen LogP contribution in [0.1, 0.15) is 22.8 Å². The van der Waals surface area contributed by atoms with Crippen LogP contribution < -0.4 is 15.8 Å². The van der Waals surface area contributed by atoms with E-state index in [1.165, 1.54) is 31.2 Å². The number of carbonyl (C=O) groups excluding carboxylic acids is 3. The zero-order valence-corrected chi connectivity index (χ0v) is 14.2. The Hall–Kier alpha value is -2.86. The van der Waals surface area contributed by atoms with Crippen LogP contribution in [-0.2, 0) is 16.0 Å². The summed E-state index contributed by atoms with van der Waals surface area (Å²) >= 11 is 5.83. The molecule has 0 saturated heterocycles. The molecule has 0 unspecified atom stereocenters. The van der Waals surface area contributed by atoms with Gasteiger partial charge in [0.2, 0.25) is 5.91 Å². The monoisotopic (exact) mass is 360 g/mol. The molecular formula is C18H17ClN2O4. The highest BCUT2D eigenvalue weighted by atomic mass is 35.5. The molecular weight excluding hydrogens is 344 g/mol. The van der Waals surface area contributed by atoms with E-state index in [9.17, 15) is 14.4 Å². The van der Waals surface area contributed by atoms with Crippen LogP contribution in [0.5, 0.6) is 5.75 Å². The van der Waals surface area contributed by atoms with Crippen LogP contribution in [0.25, 0.3) is 0 Å². The standard InChI is InChI=1S/C18H17ClN2O4/c1-11(22)25-15-8-4-13(5-9-15)18(24)21-16(17(20)23)10-12-2-6-14(19)7-3-12/h2-9,16H,10H2,1H3,(H2,20,23)(H,21,24)/t16-/m0/s1. The van der Waals surface area contributed by atoms with Gasteiger partial charge in [0, 0.05) is 23.9 Å². The average molecular weight is 361 g/mol. The molecule has 0 aliphatic heterocycles. The maximum atomic E-state index is 12.3. The van der Waals surface area contributed by atoms with Crippen molar-refractivity contribution in [1.82, 2.24) is 5.32 Å². The first-order chi connectivity index (χ1) is 11.8. The largest absolute Gasteiger partial charge is 0.427 e. The van der Waals surface area contributed by atoms with E-state index in [0.29, 0.717) is 16.3 Å². The van der Waals surface area contributed by atoms with E-state index in [1.54, 1.807) is 24.3 Å². The fraction of sp³-hybridized carbons (Fsp3) is 0.167. The first-order valence-corrected chi connectivity index (χ1v) is 7.86. The predicted molar refractivity (Wildman–Crippen MR) is 93.4 cm³/mol. The minimum atomic E-state index is -0.859. The molecule has 0 saturated carbocycles. The van der Waals surface area contributed by atoms with Crippen molar-refractivity contribution in [2.45, 2.75) is 19.4 Å². The summed E-state index contributed by atoms with van der Waals surface area (Å²) in [7, 11) is 0. The lowest BCUT2D eigenvalue weighted by Crippen LogP contribution is -2.45.